The number of sulfonamides is 1. The highest BCUT2D eigenvalue weighted by Crippen LogP contribution is 2.14. The standard InChI is InChI=1S/C14H23N3O4S2.C2HF3O2/c1-21-10-8-16(14(18)13-3-2-11-22-13)9-12-23(19,20)17-6-4-15-5-7-17;3-2(4,5)1(6)7/h2-3,11,15H,4-10,12H2,1H3;(H,6,7). The molecule has 0 saturated carbocycles. The van der Waals surface area contributed by atoms with Crippen molar-refractivity contribution in [2.45, 2.75) is 6.18 Å². The number of carbonyl (C=O) groups is 2. The summed E-state index contributed by atoms with van der Waals surface area (Å²) in [7, 11) is -1.78. The lowest BCUT2D eigenvalue weighted by Crippen LogP contribution is -2.48. The van der Waals surface area contributed by atoms with Gasteiger partial charge in [0.25, 0.3) is 5.91 Å². The number of nitrogens with one attached hydrogen (secondary N) is 1. The Labute approximate surface area is 176 Å². The van der Waals surface area contributed by atoms with Gasteiger partial charge in [-0.2, -0.15) is 17.5 Å². The van der Waals surface area contributed by atoms with Crippen molar-refractivity contribution in [3.63, 3.8) is 0 Å². The topological polar surface area (TPSA) is 116 Å². The van der Waals surface area contributed by atoms with Gasteiger partial charge in [0.2, 0.25) is 10.0 Å². The van der Waals surface area contributed by atoms with E-state index >= 15 is 0 Å². The van der Waals surface area contributed by atoms with E-state index in [0.29, 0.717) is 44.2 Å². The molecular weight excluding hydrogens is 451 g/mol. The Bertz CT molecular complexity index is 766. The molecule has 14 heteroatoms. The molecule has 1 aliphatic heterocycles. The van der Waals surface area contributed by atoms with Crippen LogP contribution in [-0.4, -0.2) is 99.5 Å². The number of carboxylic acids is 1. The number of amides is 1. The molecule has 172 valence electrons. The van der Waals surface area contributed by atoms with Gasteiger partial charge in [0.15, 0.2) is 0 Å². The van der Waals surface area contributed by atoms with Gasteiger partial charge in [-0.3, -0.25) is 4.79 Å². The van der Waals surface area contributed by atoms with Crippen LogP contribution in [-0.2, 0) is 19.6 Å². The highest BCUT2D eigenvalue weighted by atomic mass is 32.2. The van der Waals surface area contributed by atoms with Crippen molar-refractivity contribution in [3.05, 3.63) is 22.4 Å². The van der Waals surface area contributed by atoms with Crippen LogP contribution < -0.4 is 5.32 Å². The smallest absolute Gasteiger partial charge is 0.475 e. The van der Waals surface area contributed by atoms with Crippen molar-refractivity contribution >= 4 is 33.2 Å². The van der Waals surface area contributed by atoms with E-state index in [1.165, 1.54) is 15.6 Å². The average molecular weight is 476 g/mol. The van der Waals surface area contributed by atoms with Crippen molar-refractivity contribution in [2.75, 3.05) is 58.7 Å². The molecule has 2 heterocycles. The lowest BCUT2D eigenvalue weighted by molar-refractivity contribution is -0.192. The van der Waals surface area contributed by atoms with Crippen LogP contribution in [0, 0.1) is 0 Å². The number of ether oxygens (including phenoxy) is 1. The molecule has 0 unspecified atom stereocenters. The molecule has 1 aliphatic rings. The fourth-order valence-electron chi connectivity index (χ4n) is 2.35. The van der Waals surface area contributed by atoms with Crippen LogP contribution in [0.5, 0.6) is 0 Å². The largest absolute Gasteiger partial charge is 0.490 e. The van der Waals surface area contributed by atoms with Crippen LogP contribution in [0.25, 0.3) is 0 Å². The van der Waals surface area contributed by atoms with Crippen LogP contribution in [0.15, 0.2) is 17.5 Å². The zero-order chi connectivity index (χ0) is 22.8. The zero-order valence-electron chi connectivity index (χ0n) is 16.2. The summed E-state index contributed by atoms with van der Waals surface area (Å²) in [5.74, 6) is -2.96. The number of carbonyl (C=O) groups excluding carboxylic acids is 1. The third-order valence-electron chi connectivity index (χ3n) is 3.92. The number of piperazine rings is 1. The molecule has 30 heavy (non-hydrogen) atoms. The van der Waals surface area contributed by atoms with Crippen LogP contribution in [0.3, 0.4) is 0 Å². The Balaban J connectivity index is 0.000000553. The van der Waals surface area contributed by atoms with Gasteiger partial charge in [0.05, 0.1) is 17.2 Å². The monoisotopic (exact) mass is 475 g/mol. The van der Waals surface area contributed by atoms with E-state index in [0.717, 1.165) is 0 Å². The van der Waals surface area contributed by atoms with Gasteiger partial charge >= 0.3 is 12.1 Å². The fourth-order valence-corrected chi connectivity index (χ4v) is 4.49. The average Bonchev–Trinajstić information content (AvgIpc) is 3.23. The second kappa shape index (κ2) is 12.2. The van der Waals surface area contributed by atoms with E-state index in [2.05, 4.69) is 5.32 Å². The third kappa shape index (κ3) is 8.95. The first kappa shape index (κ1) is 26.3. The number of hydrogen-bond donors (Lipinski definition) is 2. The summed E-state index contributed by atoms with van der Waals surface area (Å²) in [6, 6.07) is 3.56. The summed E-state index contributed by atoms with van der Waals surface area (Å²) in [6.07, 6.45) is -5.08. The molecular formula is C16H24F3N3O6S2. The Morgan fingerprint density at radius 2 is 1.90 bits per heavy atom. The minimum absolute atomic E-state index is 0.0617. The predicted octanol–water partition coefficient (Wildman–Crippen LogP) is 0.705. The summed E-state index contributed by atoms with van der Waals surface area (Å²) in [6.45, 7) is 3.24. The number of alkyl halides is 3. The fraction of sp³-hybridized carbons (Fsp3) is 0.625. The van der Waals surface area contributed by atoms with Crippen molar-refractivity contribution in [3.8, 4) is 0 Å². The first-order valence-electron chi connectivity index (χ1n) is 8.79. The number of halogens is 3. The Morgan fingerprint density at radius 1 is 1.30 bits per heavy atom. The molecule has 1 saturated heterocycles. The highest BCUT2D eigenvalue weighted by molar-refractivity contribution is 7.89. The van der Waals surface area contributed by atoms with Crippen molar-refractivity contribution in [2.24, 2.45) is 0 Å². The molecule has 0 aromatic carbocycles. The molecule has 0 aliphatic carbocycles. The van der Waals surface area contributed by atoms with E-state index in [4.69, 9.17) is 14.6 Å². The van der Waals surface area contributed by atoms with Gasteiger partial charge in [-0.25, -0.2) is 13.2 Å². The van der Waals surface area contributed by atoms with Crippen molar-refractivity contribution in [1.82, 2.24) is 14.5 Å². The van der Waals surface area contributed by atoms with Gasteiger partial charge in [0, 0.05) is 46.4 Å². The summed E-state index contributed by atoms with van der Waals surface area (Å²) < 4.78 is 63.1. The number of carboxylic acid groups (broad SMARTS) is 1. The second-order valence-corrected chi connectivity index (χ2v) is 9.07. The van der Waals surface area contributed by atoms with Crippen LogP contribution in [0.4, 0.5) is 13.2 Å². The molecule has 9 nitrogen and oxygen atoms in total. The first-order chi connectivity index (χ1) is 14.0. The van der Waals surface area contributed by atoms with E-state index in [1.807, 2.05) is 11.4 Å². The third-order valence-corrected chi connectivity index (χ3v) is 6.62. The van der Waals surface area contributed by atoms with E-state index in [-0.39, 0.29) is 18.2 Å². The van der Waals surface area contributed by atoms with E-state index in [9.17, 15) is 26.4 Å². The van der Waals surface area contributed by atoms with Gasteiger partial charge in [-0.05, 0) is 11.4 Å². The Kier molecular flexibility index (Phi) is 10.7. The van der Waals surface area contributed by atoms with Crippen LogP contribution >= 0.6 is 11.3 Å². The molecule has 0 atom stereocenters. The van der Waals surface area contributed by atoms with Gasteiger partial charge in [-0.1, -0.05) is 6.07 Å². The first-order valence-corrected chi connectivity index (χ1v) is 11.3. The molecule has 0 spiro atoms. The SMILES string of the molecule is COCCN(CCS(=O)(=O)N1CCNCC1)C(=O)c1cccs1.O=C(O)C(F)(F)F. The molecule has 0 radical (unpaired) electrons. The molecule has 2 N–H and O–H groups in total. The maximum Gasteiger partial charge on any atom is 0.490 e. The molecule has 1 aromatic heterocycles. The molecule has 2 rings (SSSR count). The molecule has 1 amide bonds. The number of nitrogens with zero attached hydrogens (tertiary/aromatic N) is 2. The summed E-state index contributed by atoms with van der Waals surface area (Å²) in [5.41, 5.74) is 0. The van der Waals surface area contributed by atoms with Crippen molar-refractivity contribution < 1.29 is 41.0 Å². The summed E-state index contributed by atoms with van der Waals surface area (Å²) >= 11 is 1.35. The minimum Gasteiger partial charge on any atom is -0.475 e. The number of methoxy groups -OCH3 is 1. The minimum atomic E-state index is -5.08. The number of rotatable bonds is 8. The summed E-state index contributed by atoms with van der Waals surface area (Å²) in [4.78, 5) is 23.5. The number of thiophene rings is 1. The van der Waals surface area contributed by atoms with Gasteiger partial charge < -0.3 is 20.1 Å². The molecule has 1 aromatic rings. The predicted molar refractivity (Wildman–Crippen MR) is 104 cm³/mol. The van der Waals surface area contributed by atoms with E-state index < -0.39 is 22.2 Å². The van der Waals surface area contributed by atoms with E-state index in [1.54, 1.807) is 18.1 Å². The van der Waals surface area contributed by atoms with Crippen molar-refractivity contribution in [1.29, 1.82) is 0 Å². The van der Waals surface area contributed by atoms with Crippen LogP contribution in [0.2, 0.25) is 0 Å². The maximum atomic E-state index is 12.5. The quantitative estimate of drug-likeness (QED) is 0.569. The van der Waals surface area contributed by atoms with Crippen LogP contribution in [0.1, 0.15) is 9.67 Å². The lowest BCUT2D eigenvalue weighted by atomic mass is 10.4. The lowest BCUT2D eigenvalue weighted by Gasteiger charge is -2.28. The second-order valence-electron chi connectivity index (χ2n) is 6.03. The highest BCUT2D eigenvalue weighted by Gasteiger charge is 2.38. The normalized spacial score (nSPS) is 15.2. The Morgan fingerprint density at radius 3 is 2.37 bits per heavy atom. The number of hydrogen-bond acceptors (Lipinski definition) is 7. The summed E-state index contributed by atoms with van der Waals surface area (Å²) in [5, 5.41) is 12.1. The Hall–Kier alpha value is -1.74. The molecule has 0 bridgehead atoms. The zero-order valence-corrected chi connectivity index (χ0v) is 17.9. The van der Waals surface area contributed by atoms with Gasteiger partial charge in [0.1, 0.15) is 0 Å². The number of aliphatic carboxylic acids is 1. The van der Waals surface area contributed by atoms with Gasteiger partial charge in [-0.15, -0.1) is 11.3 Å². The molecule has 1 fully saturated rings. The maximum absolute atomic E-state index is 12.5.